The number of aromatic nitrogens is 4. The molecule has 0 saturated carbocycles. The monoisotopic (exact) mass is 343 g/mol. The molecule has 0 bridgehead atoms. The molecule has 0 fully saturated rings. The van der Waals surface area contributed by atoms with Crippen molar-refractivity contribution in [2.45, 2.75) is 18.7 Å². The lowest BCUT2D eigenvalue weighted by Crippen LogP contribution is -2.12. The SMILES string of the molecule is CCSc1cccc(C(=O)Nc2nnc(-c3cc(C)n(C)n3)o2)c1. The Bertz CT molecular complexity index is 851. The predicted octanol–water partition coefficient (Wildman–Crippen LogP) is 3.14. The number of nitrogens with zero attached hydrogens (tertiary/aromatic N) is 4. The van der Waals surface area contributed by atoms with E-state index in [1.165, 1.54) is 0 Å². The van der Waals surface area contributed by atoms with Crippen molar-refractivity contribution in [2.24, 2.45) is 7.05 Å². The summed E-state index contributed by atoms with van der Waals surface area (Å²) < 4.78 is 7.19. The number of rotatable bonds is 5. The second kappa shape index (κ2) is 6.88. The Morgan fingerprint density at radius 1 is 1.33 bits per heavy atom. The van der Waals surface area contributed by atoms with Crippen LogP contribution in [0.4, 0.5) is 6.01 Å². The molecule has 7 nitrogen and oxygen atoms in total. The van der Waals surface area contributed by atoms with E-state index >= 15 is 0 Å². The Labute approximate surface area is 143 Å². The largest absolute Gasteiger partial charge is 0.401 e. The maximum atomic E-state index is 12.3. The van der Waals surface area contributed by atoms with Crippen LogP contribution >= 0.6 is 11.8 Å². The van der Waals surface area contributed by atoms with Crippen molar-refractivity contribution in [1.82, 2.24) is 20.0 Å². The molecule has 124 valence electrons. The molecule has 0 spiro atoms. The lowest BCUT2D eigenvalue weighted by Gasteiger charge is -2.03. The molecular formula is C16H17N5O2S. The Balaban J connectivity index is 1.74. The topological polar surface area (TPSA) is 85.8 Å². The van der Waals surface area contributed by atoms with Crippen LogP contribution < -0.4 is 5.32 Å². The number of benzene rings is 1. The van der Waals surface area contributed by atoms with E-state index < -0.39 is 0 Å². The molecule has 2 heterocycles. The minimum atomic E-state index is -0.291. The van der Waals surface area contributed by atoms with Gasteiger partial charge in [-0.1, -0.05) is 18.1 Å². The number of anilines is 1. The molecule has 2 aromatic heterocycles. The van der Waals surface area contributed by atoms with E-state index in [9.17, 15) is 4.79 Å². The normalized spacial score (nSPS) is 10.8. The molecule has 0 aliphatic carbocycles. The first-order valence-corrected chi connectivity index (χ1v) is 8.44. The molecule has 24 heavy (non-hydrogen) atoms. The fourth-order valence-corrected chi connectivity index (χ4v) is 2.82. The Kier molecular flexibility index (Phi) is 4.66. The first-order chi connectivity index (χ1) is 11.6. The van der Waals surface area contributed by atoms with Gasteiger partial charge < -0.3 is 4.42 Å². The average molecular weight is 343 g/mol. The highest BCUT2D eigenvalue weighted by atomic mass is 32.2. The molecule has 0 aliphatic rings. The summed E-state index contributed by atoms with van der Waals surface area (Å²) in [7, 11) is 1.83. The van der Waals surface area contributed by atoms with Gasteiger partial charge in [0.25, 0.3) is 11.8 Å². The van der Waals surface area contributed by atoms with Gasteiger partial charge in [-0.25, -0.2) is 0 Å². The number of hydrogen-bond donors (Lipinski definition) is 1. The number of aryl methyl sites for hydroxylation is 2. The molecule has 0 aliphatic heterocycles. The average Bonchev–Trinajstić information content (AvgIpc) is 3.15. The van der Waals surface area contributed by atoms with Crippen molar-refractivity contribution in [1.29, 1.82) is 0 Å². The van der Waals surface area contributed by atoms with Crippen LogP contribution in [0.5, 0.6) is 0 Å². The van der Waals surface area contributed by atoms with Crippen molar-refractivity contribution in [3.8, 4) is 11.6 Å². The molecule has 1 amide bonds. The Morgan fingerprint density at radius 2 is 2.17 bits per heavy atom. The highest BCUT2D eigenvalue weighted by molar-refractivity contribution is 7.99. The third kappa shape index (κ3) is 3.48. The van der Waals surface area contributed by atoms with Crippen molar-refractivity contribution >= 4 is 23.7 Å². The third-order valence-electron chi connectivity index (χ3n) is 3.39. The summed E-state index contributed by atoms with van der Waals surface area (Å²) in [5.74, 6) is 0.923. The first kappa shape index (κ1) is 16.3. The van der Waals surface area contributed by atoms with Crippen LogP contribution in [0.1, 0.15) is 23.0 Å². The van der Waals surface area contributed by atoms with Gasteiger partial charge in [-0.15, -0.1) is 16.9 Å². The zero-order valence-electron chi connectivity index (χ0n) is 13.6. The molecule has 0 saturated heterocycles. The number of carbonyl (C=O) groups excluding carboxylic acids is 1. The summed E-state index contributed by atoms with van der Waals surface area (Å²) in [6, 6.07) is 9.29. The molecule has 0 atom stereocenters. The maximum Gasteiger partial charge on any atom is 0.322 e. The van der Waals surface area contributed by atoms with E-state index in [1.54, 1.807) is 22.5 Å². The Morgan fingerprint density at radius 3 is 2.88 bits per heavy atom. The van der Waals surface area contributed by atoms with Crippen LogP contribution in [-0.4, -0.2) is 31.6 Å². The van der Waals surface area contributed by atoms with Crippen LogP contribution in [0.15, 0.2) is 39.6 Å². The number of hydrogen-bond acceptors (Lipinski definition) is 6. The van der Waals surface area contributed by atoms with Crippen molar-refractivity contribution in [3.63, 3.8) is 0 Å². The van der Waals surface area contributed by atoms with E-state index in [-0.39, 0.29) is 17.8 Å². The van der Waals surface area contributed by atoms with Gasteiger partial charge in [0.15, 0.2) is 0 Å². The van der Waals surface area contributed by atoms with Gasteiger partial charge in [-0.05, 0) is 36.9 Å². The highest BCUT2D eigenvalue weighted by Gasteiger charge is 2.15. The maximum absolute atomic E-state index is 12.3. The summed E-state index contributed by atoms with van der Waals surface area (Å²) >= 11 is 1.68. The summed E-state index contributed by atoms with van der Waals surface area (Å²) in [4.78, 5) is 13.3. The number of nitrogens with one attached hydrogen (secondary N) is 1. The van der Waals surface area contributed by atoms with Gasteiger partial charge in [-0.3, -0.25) is 14.8 Å². The van der Waals surface area contributed by atoms with Gasteiger partial charge in [-0.2, -0.15) is 5.10 Å². The van der Waals surface area contributed by atoms with E-state index in [2.05, 4.69) is 27.5 Å². The number of amides is 1. The number of carbonyl (C=O) groups is 1. The van der Waals surface area contributed by atoms with Crippen molar-refractivity contribution in [3.05, 3.63) is 41.6 Å². The van der Waals surface area contributed by atoms with Gasteiger partial charge in [0.2, 0.25) is 0 Å². The van der Waals surface area contributed by atoms with E-state index in [1.807, 2.05) is 38.2 Å². The fraction of sp³-hybridized carbons (Fsp3) is 0.250. The second-order valence-electron chi connectivity index (χ2n) is 5.12. The molecule has 1 aromatic carbocycles. The van der Waals surface area contributed by atoms with E-state index in [0.717, 1.165) is 16.3 Å². The van der Waals surface area contributed by atoms with E-state index in [4.69, 9.17) is 4.42 Å². The molecule has 3 aromatic rings. The van der Waals surface area contributed by atoms with Gasteiger partial charge in [0.1, 0.15) is 5.69 Å². The lowest BCUT2D eigenvalue weighted by atomic mass is 10.2. The third-order valence-corrected chi connectivity index (χ3v) is 4.26. The van der Waals surface area contributed by atoms with E-state index in [0.29, 0.717) is 11.3 Å². The highest BCUT2D eigenvalue weighted by Crippen LogP contribution is 2.21. The van der Waals surface area contributed by atoms with Crippen molar-refractivity contribution in [2.75, 3.05) is 11.1 Å². The number of thioether (sulfide) groups is 1. The standard InChI is InChI=1S/C16H17N5O2S/c1-4-24-12-7-5-6-11(9-12)14(22)17-16-19-18-15(23-16)13-8-10(2)21(3)20-13/h5-9H,4H2,1-3H3,(H,17,19,22). The molecular weight excluding hydrogens is 326 g/mol. The predicted molar refractivity (Wildman–Crippen MR) is 92.0 cm³/mol. The second-order valence-corrected chi connectivity index (χ2v) is 6.46. The molecule has 0 radical (unpaired) electrons. The minimum Gasteiger partial charge on any atom is -0.401 e. The summed E-state index contributed by atoms with van der Waals surface area (Å²) in [6.07, 6.45) is 0. The van der Waals surface area contributed by atoms with Crippen LogP contribution in [-0.2, 0) is 7.05 Å². The zero-order chi connectivity index (χ0) is 17.1. The zero-order valence-corrected chi connectivity index (χ0v) is 14.4. The van der Waals surface area contributed by atoms with Crippen molar-refractivity contribution < 1.29 is 9.21 Å². The van der Waals surface area contributed by atoms with Gasteiger partial charge in [0, 0.05) is 23.2 Å². The quantitative estimate of drug-likeness (QED) is 0.716. The van der Waals surface area contributed by atoms with Gasteiger partial charge in [0.05, 0.1) is 0 Å². The van der Waals surface area contributed by atoms with Crippen LogP contribution in [0, 0.1) is 6.92 Å². The molecule has 0 unspecified atom stereocenters. The molecule has 3 rings (SSSR count). The molecule has 8 heteroatoms. The fourth-order valence-electron chi connectivity index (χ4n) is 2.11. The Hall–Kier alpha value is -2.61. The summed E-state index contributed by atoms with van der Waals surface area (Å²) in [5, 5.41) is 14.7. The lowest BCUT2D eigenvalue weighted by molar-refractivity contribution is 0.102. The summed E-state index contributed by atoms with van der Waals surface area (Å²) in [6.45, 7) is 3.99. The van der Waals surface area contributed by atoms with Gasteiger partial charge >= 0.3 is 6.01 Å². The van der Waals surface area contributed by atoms with Crippen LogP contribution in [0.3, 0.4) is 0 Å². The minimum absolute atomic E-state index is 0.0480. The summed E-state index contributed by atoms with van der Waals surface area (Å²) in [5.41, 5.74) is 2.09. The first-order valence-electron chi connectivity index (χ1n) is 7.45. The smallest absolute Gasteiger partial charge is 0.322 e. The van der Waals surface area contributed by atoms with Crippen LogP contribution in [0.25, 0.3) is 11.6 Å². The molecule has 1 N–H and O–H groups in total. The van der Waals surface area contributed by atoms with Crippen LogP contribution in [0.2, 0.25) is 0 Å².